The van der Waals surface area contributed by atoms with Gasteiger partial charge in [0.15, 0.2) is 0 Å². The summed E-state index contributed by atoms with van der Waals surface area (Å²) in [5.74, 6) is 1.17. The van der Waals surface area contributed by atoms with Gasteiger partial charge in [-0.25, -0.2) is 0 Å². The van der Waals surface area contributed by atoms with Gasteiger partial charge in [-0.15, -0.1) is 0 Å². The summed E-state index contributed by atoms with van der Waals surface area (Å²) in [7, 11) is 0. The van der Waals surface area contributed by atoms with Gasteiger partial charge in [-0.3, -0.25) is 0 Å². The van der Waals surface area contributed by atoms with E-state index in [-0.39, 0.29) is 0 Å². The van der Waals surface area contributed by atoms with Gasteiger partial charge < -0.3 is 0 Å². The minimum absolute atomic E-state index is 0.584. The summed E-state index contributed by atoms with van der Waals surface area (Å²) in [6.07, 6.45) is 11.2. The van der Waals surface area contributed by atoms with Gasteiger partial charge in [0.1, 0.15) is 0 Å². The van der Waals surface area contributed by atoms with Crippen LogP contribution in [0.5, 0.6) is 0 Å². The molecule has 0 bridgehead atoms. The average molecular weight is 148 g/mol. The summed E-state index contributed by atoms with van der Waals surface area (Å²) < 4.78 is 0. The Bertz CT molecular complexity index is 206. The predicted molar refractivity (Wildman–Crippen MR) is 50.4 cm³/mol. The lowest BCUT2D eigenvalue weighted by atomic mass is 10.00. The van der Waals surface area contributed by atoms with Crippen LogP contribution in [0.25, 0.3) is 0 Å². The van der Waals surface area contributed by atoms with Gasteiger partial charge >= 0.3 is 0 Å². The Balaban J connectivity index is 2.82. The molecule has 11 heavy (non-hydrogen) atoms. The standard InChI is InChI=1S/C11H16/c1-9-4-6-10(2)8-11(3)7-5-9/h4-10H,1-3H3. The highest BCUT2D eigenvalue weighted by Gasteiger charge is 1.97. The highest BCUT2D eigenvalue weighted by Crippen LogP contribution is 2.12. The molecule has 0 saturated heterocycles. The Kier molecular flexibility index (Phi) is 2.70. The van der Waals surface area contributed by atoms with Crippen LogP contribution in [0.15, 0.2) is 36.0 Å². The summed E-state index contributed by atoms with van der Waals surface area (Å²) in [4.78, 5) is 0. The monoisotopic (exact) mass is 148 g/mol. The van der Waals surface area contributed by atoms with Crippen LogP contribution in [0.1, 0.15) is 20.8 Å². The maximum absolute atomic E-state index is 2.28. The quantitative estimate of drug-likeness (QED) is 0.462. The molecule has 0 saturated carbocycles. The molecule has 0 N–H and O–H groups in total. The fourth-order valence-corrected chi connectivity index (χ4v) is 1.24. The molecule has 0 radical (unpaired) electrons. The largest absolute Gasteiger partial charge is 0.0813 e. The first-order valence-electron chi connectivity index (χ1n) is 4.23. The zero-order chi connectivity index (χ0) is 8.27. The van der Waals surface area contributed by atoms with Crippen molar-refractivity contribution in [2.75, 3.05) is 0 Å². The van der Waals surface area contributed by atoms with Crippen molar-refractivity contribution in [3.8, 4) is 0 Å². The molecule has 0 nitrogen and oxygen atoms in total. The zero-order valence-electron chi connectivity index (χ0n) is 7.54. The first-order chi connectivity index (χ1) is 5.18. The summed E-state index contributed by atoms with van der Waals surface area (Å²) in [6, 6.07) is 0. The smallest absolute Gasteiger partial charge is 0.00760 e. The van der Waals surface area contributed by atoms with Gasteiger partial charge in [-0.1, -0.05) is 49.8 Å². The Labute approximate surface area is 69.3 Å². The second-order valence-corrected chi connectivity index (χ2v) is 3.37. The molecule has 0 aromatic rings. The van der Waals surface area contributed by atoms with E-state index in [2.05, 4.69) is 51.2 Å². The summed E-state index contributed by atoms with van der Waals surface area (Å²) in [6.45, 7) is 6.57. The van der Waals surface area contributed by atoms with Crippen molar-refractivity contribution in [3.05, 3.63) is 36.0 Å². The minimum Gasteiger partial charge on any atom is -0.0813 e. The summed E-state index contributed by atoms with van der Waals surface area (Å²) >= 11 is 0. The first kappa shape index (κ1) is 8.32. The summed E-state index contributed by atoms with van der Waals surface area (Å²) in [5, 5.41) is 0. The lowest BCUT2D eigenvalue weighted by molar-refractivity contribution is 0.867. The third kappa shape index (κ3) is 2.75. The predicted octanol–water partition coefficient (Wildman–Crippen LogP) is 3.33. The molecule has 2 unspecified atom stereocenters. The Morgan fingerprint density at radius 1 is 1.00 bits per heavy atom. The molecule has 1 rings (SSSR count). The normalized spacial score (nSPS) is 31.0. The summed E-state index contributed by atoms with van der Waals surface area (Å²) in [5.41, 5.74) is 1.37. The van der Waals surface area contributed by atoms with E-state index < -0.39 is 0 Å². The molecule has 0 heteroatoms. The van der Waals surface area contributed by atoms with Crippen LogP contribution in [0, 0.1) is 11.8 Å². The van der Waals surface area contributed by atoms with Crippen molar-refractivity contribution in [2.24, 2.45) is 11.8 Å². The van der Waals surface area contributed by atoms with E-state index in [4.69, 9.17) is 0 Å². The molecular weight excluding hydrogens is 132 g/mol. The van der Waals surface area contributed by atoms with E-state index in [0.717, 1.165) is 0 Å². The third-order valence-corrected chi connectivity index (χ3v) is 1.91. The lowest BCUT2D eigenvalue weighted by Gasteiger charge is -2.06. The van der Waals surface area contributed by atoms with Crippen molar-refractivity contribution in [1.29, 1.82) is 0 Å². The Morgan fingerprint density at radius 3 is 2.36 bits per heavy atom. The van der Waals surface area contributed by atoms with Crippen LogP contribution in [-0.2, 0) is 0 Å². The van der Waals surface area contributed by atoms with Crippen LogP contribution in [0.4, 0.5) is 0 Å². The highest BCUT2D eigenvalue weighted by atomic mass is 14.0. The Hall–Kier alpha value is -0.780. The van der Waals surface area contributed by atoms with Crippen molar-refractivity contribution in [2.45, 2.75) is 20.8 Å². The van der Waals surface area contributed by atoms with E-state index in [1.54, 1.807) is 0 Å². The van der Waals surface area contributed by atoms with Crippen LogP contribution in [-0.4, -0.2) is 0 Å². The van der Waals surface area contributed by atoms with E-state index in [1.807, 2.05) is 0 Å². The topological polar surface area (TPSA) is 0 Å². The third-order valence-electron chi connectivity index (χ3n) is 1.91. The van der Waals surface area contributed by atoms with E-state index in [0.29, 0.717) is 11.8 Å². The fourth-order valence-electron chi connectivity index (χ4n) is 1.24. The molecule has 60 valence electrons. The molecule has 0 fully saturated rings. The molecule has 0 spiro atoms. The van der Waals surface area contributed by atoms with Crippen LogP contribution >= 0.6 is 0 Å². The Morgan fingerprint density at radius 2 is 1.64 bits per heavy atom. The van der Waals surface area contributed by atoms with Gasteiger partial charge in [0.25, 0.3) is 0 Å². The highest BCUT2D eigenvalue weighted by molar-refractivity contribution is 5.22. The van der Waals surface area contributed by atoms with E-state index in [9.17, 15) is 0 Å². The molecule has 1 aliphatic rings. The lowest BCUT2D eigenvalue weighted by Crippen LogP contribution is -1.91. The second kappa shape index (κ2) is 3.56. The molecule has 0 aliphatic heterocycles. The molecule has 0 amide bonds. The van der Waals surface area contributed by atoms with Gasteiger partial charge in [0, 0.05) is 0 Å². The second-order valence-electron chi connectivity index (χ2n) is 3.37. The number of hydrogen-bond donors (Lipinski definition) is 0. The molecule has 2 atom stereocenters. The number of allylic oxidation sites excluding steroid dienone is 6. The fraction of sp³-hybridized carbons (Fsp3) is 0.455. The van der Waals surface area contributed by atoms with E-state index in [1.165, 1.54) is 5.57 Å². The van der Waals surface area contributed by atoms with Gasteiger partial charge in [-0.05, 0) is 18.8 Å². The minimum atomic E-state index is 0.584. The molecule has 1 aliphatic carbocycles. The van der Waals surface area contributed by atoms with E-state index >= 15 is 0 Å². The van der Waals surface area contributed by atoms with Crippen molar-refractivity contribution < 1.29 is 0 Å². The van der Waals surface area contributed by atoms with Crippen molar-refractivity contribution in [1.82, 2.24) is 0 Å². The van der Waals surface area contributed by atoms with Gasteiger partial charge in [0.05, 0.1) is 0 Å². The first-order valence-corrected chi connectivity index (χ1v) is 4.23. The molecule has 0 aromatic heterocycles. The average Bonchev–Trinajstić information content (AvgIpc) is 1.95. The number of rotatable bonds is 0. The molecule has 0 heterocycles. The molecular formula is C11H16. The van der Waals surface area contributed by atoms with Gasteiger partial charge in [-0.2, -0.15) is 0 Å². The molecule has 0 aromatic carbocycles. The van der Waals surface area contributed by atoms with Crippen LogP contribution < -0.4 is 0 Å². The van der Waals surface area contributed by atoms with Crippen molar-refractivity contribution in [3.63, 3.8) is 0 Å². The SMILES string of the molecule is CC1=CC(C)C=CC(C)C=C1. The van der Waals surface area contributed by atoms with Crippen molar-refractivity contribution >= 4 is 0 Å². The van der Waals surface area contributed by atoms with Crippen LogP contribution in [0.2, 0.25) is 0 Å². The van der Waals surface area contributed by atoms with Gasteiger partial charge in [0.2, 0.25) is 0 Å². The van der Waals surface area contributed by atoms with Crippen LogP contribution in [0.3, 0.4) is 0 Å². The maximum atomic E-state index is 2.28. The number of hydrogen-bond acceptors (Lipinski definition) is 0. The zero-order valence-corrected chi connectivity index (χ0v) is 7.54. The maximum Gasteiger partial charge on any atom is -0.00760 e.